The molecule has 8 nitrogen and oxygen atoms in total. The zero-order chi connectivity index (χ0) is 41.4. The highest BCUT2D eigenvalue weighted by Gasteiger charge is 2.27. The number of unbranched alkanes of at least 4 members (excludes halogenated alkanes) is 4. The smallest absolute Gasteiger partial charge is 0.387 e. The molecule has 0 radical (unpaired) electrons. The molecule has 3 N–H and O–H groups in total. The number of carbonyl (C=O) groups is 1. The molecular weight excluding hydrogens is 719 g/mol. The lowest BCUT2D eigenvalue weighted by molar-refractivity contribution is -0.870. The van der Waals surface area contributed by atoms with E-state index in [9.17, 15) is 19.4 Å². The van der Waals surface area contributed by atoms with Crippen LogP contribution in [-0.2, 0) is 18.4 Å². The summed E-state index contributed by atoms with van der Waals surface area (Å²) >= 11 is 0. The van der Waals surface area contributed by atoms with E-state index in [1.807, 2.05) is 34.1 Å². The molecule has 316 valence electrons. The summed E-state index contributed by atoms with van der Waals surface area (Å²) in [4.78, 5) is 22.7. The number of allylic oxidation sites excluding steroid dienone is 19. The second-order valence-corrected chi connectivity index (χ2v) is 16.1. The summed E-state index contributed by atoms with van der Waals surface area (Å²) in [5.74, 6) is -0.229. The minimum absolute atomic E-state index is 0.0452. The van der Waals surface area contributed by atoms with Crippen LogP contribution in [0, 0.1) is 0 Å². The maximum absolute atomic E-state index is 12.7. The summed E-state index contributed by atoms with van der Waals surface area (Å²) in [7, 11) is 1.51. The molecule has 9 heteroatoms. The first-order chi connectivity index (χ1) is 27.0. The van der Waals surface area contributed by atoms with Gasteiger partial charge < -0.3 is 19.8 Å². The molecule has 0 spiro atoms. The minimum Gasteiger partial charge on any atom is -0.387 e. The van der Waals surface area contributed by atoms with Gasteiger partial charge in [0.15, 0.2) is 0 Å². The van der Waals surface area contributed by atoms with Crippen molar-refractivity contribution in [3.63, 3.8) is 0 Å². The summed E-state index contributed by atoms with van der Waals surface area (Å²) < 4.78 is 23.2. The number of quaternary nitrogens is 1. The summed E-state index contributed by atoms with van der Waals surface area (Å²) in [6.45, 7) is 4.40. The highest BCUT2D eigenvalue weighted by atomic mass is 31.2. The molecule has 0 bridgehead atoms. The van der Waals surface area contributed by atoms with Crippen LogP contribution < -0.4 is 5.32 Å². The number of phosphoric acid groups is 1. The quantitative estimate of drug-likeness (QED) is 0.0255. The van der Waals surface area contributed by atoms with Gasteiger partial charge in [-0.1, -0.05) is 148 Å². The number of carbonyl (C=O) groups excluding carboxylic acids is 1. The van der Waals surface area contributed by atoms with Gasteiger partial charge in [0.2, 0.25) is 5.91 Å². The van der Waals surface area contributed by atoms with Crippen LogP contribution in [0.5, 0.6) is 0 Å². The largest absolute Gasteiger partial charge is 0.472 e. The van der Waals surface area contributed by atoms with E-state index in [2.05, 4.69) is 122 Å². The van der Waals surface area contributed by atoms with E-state index in [-0.39, 0.29) is 19.1 Å². The van der Waals surface area contributed by atoms with Crippen LogP contribution in [0.25, 0.3) is 0 Å². The van der Waals surface area contributed by atoms with Crippen molar-refractivity contribution in [3.8, 4) is 0 Å². The molecule has 3 unspecified atom stereocenters. The number of rotatable bonds is 35. The molecule has 0 rings (SSSR count). The fourth-order valence-electron chi connectivity index (χ4n) is 4.86. The van der Waals surface area contributed by atoms with Crippen LogP contribution in [0.1, 0.15) is 117 Å². The molecule has 0 fully saturated rings. The van der Waals surface area contributed by atoms with Crippen LogP contribution in [0.4, 0.5) is 0 Å². The van der Waals surface area contributed by atoms with Gasteiger partial charge in [-0.05, 0) is 83.5 Å². The Bertz CT molecular complexity index is 1320. The van der Waals surface area contributed by atoms with Crippen LogP contribution in [-0.4, -0.2) is 73.4 Å². The Hall–Kier alpha value is -3.10. The predicted molar refractivity (Wildman–Crippen MR) is 239 cm³/mol. The summed E-state index contributed by atoms with van der Waals surface area (Å²) in [6, 6.07) is -0.868. The van der Waals surface area contributed by atoms with Gasteiger partial charge in [-0.3, -0.25) is 13.8 Å². The average Bonchev–Trinajstić information content (AvgIpc) is 3.15. The molecule has 0 aromatic heterocycles. The zero-order valence-corrected chi connectivity index (χ0v) is 36.5. The average molecular weight is 798 g/mol. The minimum atomic E-state index is -4.33. The first-order valence-corrected chi connectivity index (χ1v) is 22.4. The molecule has 0 aromatic carbocycles. The van der Waals surface area contributed by atoms with Crippen LogP contribution in [0.15, 0.2) is 122 Å². The summed E-state index contributed by atoms with van der Waals surface area (Å²) in [5, 5.41) is 13.4. The highest BCUT2D eigenvalue weighted by Crippen LogP contribution is 2.43. The molecule has 0 heterocycles. The Morgan fingerprint density at radius 3 is 1.50 bits per heavy atom. The lowest BCUT2D eigenvalue weighted by Gasteiger charge is -2.25. The summed E-state index contributed by atoms with van der Waals surface area (Å²) in [5.41, 5.74) is 0. The van der Waals surface area contributed by atoms with E-state index in [4.69, 9.17) is 9.05 Å². The number of aliphatic hydroxyl groups excluding tert-OH is 1. The standard InChI is InChI=1S/C47H77N2O6P/c1-6-8-10-11-12-13-14-15-16-17-18-19-20-21-22-23-24-25-26-27-28-29-30-31-32-33-34-35-36-37-39-41-47(51)48-45(46(50)40-38-9-7-2)44-55-56(52,53)54-43-42-49(3,4)5/h8,10,12-13,15-16,18-19,21-22,24-25,27-28,30-31,33-34,38,40,45-46,50H,6-7,9,11,14,17,20,23,26,29,32,35-37,39,41-44H2,1-5H3,(H-,48,51,52,53)/p+1/b10-8-,13-12-,16-15-,19-18-,22-21-,25-24-,28-27-,31-30-,34-33-,40-38+. The Balaban J connectivity index is 4.10. The number of phosphoric ester groups is 1. The Labute approximate surface area is 342 Å². The van der Waals surface area contributed by atoms with Crippen LogP contribution >= 0.6 is 7.82 Å². The number of hydrogen-bond donors (Lipinski definition) is 3. The molecule has 3 atom stereocenters. The third-order valence-corrected chi connectivity index (χ3v) is 9.15. The van der Waals surface area contributed by atoms with Gasteiger partial charge in [-0.2, -0.15) is 0 Å². The Morgan fingerprint density at radius 2 is 1.07 bits per heavy atom. The molecular formula is C47H78N2O6P+. The molecule has 0 aromatic rings. The SMILES string of the molecule is CC/C=C\C/C=C\C/C=C\C/C=C\C/C=C\C/C=C\C/C=C\C/C=C\C/C=C\CCCCCC(=O)NC(COP(=O)(O)OCC[N+](C)(C)C)C(O)/C=C/CCC. The van der Waals surface area contributed by atoms with Gasteiger partial charge in [-0.25, -0.2) is 4.57 Å². The maximum Gasteiger partial charge on any atom is 0.472 e. The molecule has 0 aliphatic rings. The Morgan fingerprint density at radius 1 is 0.625 bits per heavy atom. The number of nitrogens with one attached hydrogen (secondary N) is 1. The van der Waals surface area contributed by atoms with Crippen LogP contribution in [0.3, 0.4) is 0 Å². The van der Waals surface area contributed by atoms with Crippen LogP contribution in [0.2, 0.25) is 0 Å². The van der Waals surface area contributed by atoms with Gasteiger partial charge in [0, 0.05) is 6.42 Å². The van der Waals surface area contributed by atoms with Gasteiger partial charge in [0.1, 0.15) is 13.2 Å². The monoisotopic (exact) mass is 798 g/mol. The number of amides is 1. The highest BCUT2D eigenvalue weighted by molar-refractivity contribution is 7.47. The zero-order valence-electron chi connectivity index (χ0n) is 35.6. The third kappa shape index (κ3) is 39.1. The van der Waals surface area contributed by atoms with Crippen molar-refractivity contribution in [2.24, 2.45) is 0 Å². The molecule has 1 amide bonds. The molecule has 0 saturated heterocycles. The van der Waals surface area contributed by atoms with Gasteiger partial charge in [0.25, 0.3) is 0 Å². The number of aliphatic hydroxyl groups is 1. The Kier molecular flexibility index (Phi) is 35.4. The van der Waals surface area contributed by atoms with E-state index in [1.54, 1.807) is 6.08 Å². The van der Waals surface area contributed by atoms with Crippen molar-refractivity contribution < 1.29 is 32.9 Å². The van der Waals surface area contributed by atoms with Crippen molar-refractivity contribution in [3.05, 3.63) is 122 Å². The van der Waals surface area contributed by atoms with Crippen molar-refractivity contribution in [1.82, 2.24) is 5.32 Å². The lowest BCUT2D eigenvalue weighted by Crippen LogP contribution is -2.45. The van der Waals surface area contributed by atoms with E-state index in [0.29, 0.717) is 23.9 Å². The predicted octanol–water partition coefficient (Wildman–Crippen LogP) is 11.5. The maximum atomic E-state index is 12.7. The van der Waals surface area contributed by atoms with E-state index in [0.717, 1.165) is 89.9 Å². The van der Waals surface area contributed by atoms with Gasteiger partial charge in [-0.15, -0.1) is 0 Å². The first-order valence-electron chi connectivity index (χ1n) is 20.9. The first kappa shape index (κ1) is 52.9. The van der Waals surface area contributed by atoms with Crippen molar-refractivity contribution in [1.29, 1.82) is 0 Å². The molecule has 0 saturated carbocycles. The van der Waals surface area contributed by atoms with Gasteiger partial charge >= 0.3 is 7.82 Å². The molecule has 0 aliphatic heterocycles. The fraction of sp³-hybridized carbons (Fsp3) is 0.553. The topological polar surface area (TPSA) is 105 Å². The third-order valence-electron chi connectivity index (χ3n) is 8.17. The molecule has 56 heavy (non-hydrogen) atoms. The fourth-order valence-corrected chi connectivity index (χ4v) is 5.60. The van der Waals surface area contributed by atoms with E-state index >= 15 is 0 Å². The number of likely N-dealkylation sites (N-methyl/N-ethyl adjacent to an activating group) is 1. The van der Waals surface area contributed by atoms with E-state index in [1.165, 1.54) is 0 Å². The second kappa shape index (κ2) is 37.5. The number of nitrogens with zero attached hydrogens (tertiary/aromatic N) is 1. The number of hydrogen-bond acceptors (Lipinski definition) is 5. The molecule has 0 aliphatic carbocycles. The summed E-state index contributed by atoms with van der Waals surface area (Å²) in [6.07, 6.45) is 56.5. The normalized spacial score (nSPS) is 15.6. The van der Waals surface area contributed by atoms with Crippen molar-refractivity contribution in [2.45, 2.75) is 129 Å². The van der Waals surface area contributed by atoms with Crippen molar-refractivity contribution in [2.75, 3.05) is 40.9 Å². The lowest BCUT2D eigenvalue weighted by atomic mass is 10.1. The van der Waals surface area contributed by atoms with Crippen molar-refractivity contribution >= 4 is 13.7 Å². The van der Waals surface area contributed by atoms with Gasteiger partial charge in [0.05, 0.1) is 39.9 Å². The van der Waals surface area contributed by atoms with E-state index < -0.39 is 20.0 Å². The second-order valence-electron chi connectivity index (χ2n) is 14.6.